The third kappa shape index (κ3) is 1.81. The Morgan fingerprint density at radius 1 is 1.33 bits per heavy atom. The summed E-state index contributed by atoms with van der Waals surface area (Å²) in [5.41, 5.74) is 7.08. The first-order chi connectivity index (χ1) is 8.25. The molecule has 18 heavy (non-hydrogen) atoms. The molecule has 4 heteroatoms. The Labute approximate surface area is 107 Å². The van der Waals surface area contributed by atoms with Crippen LogP contribution >= 0.6 is 0 Å². The number of fused-ring (bicyclic) bond motifs is 1. The zero-order valence-electron chi connectivity index (χ0n) is 11.2. The first-order valence-corrected chi connectivity index (χ1v) is 6.16. The van der Waals surface area contributed by atoms with Crippen molar-refractivity contribution >= 4 is 11.6 Å². The van der Waals surface area contributed by atoms with Crippen LogP contribution in [0, 0.1) is 11.7 Å². The van der Waals surface area contributed by atoms with Gasteiger partial charge >= 0.3 is 0 Å². The smallest absolute Gasteiger partial charge is 0.234 e. The molecule has 0 aliphatic carbocycles. The monoisotopic (exact) mass is 250 g/mol. The molecule has 2 rings (SSSR count). The molecule has 1 aromatic carbocycles. The fourth-order valence-electron chi connectivity index (χ4n) is 2.22. The average molecular weight is 250 g/mol. The molecule has 0 bridgehead atoms. The van der Waals surface area contributed by atoms with Gasteiger partial charge in [0, 0.05) is 6.04 Å². The number of nitrogens with two attached hydrogens (primary N) is 1. The molecule has 1 atom stereocenters. The number of carbonyl (C=O) groups is 1. The van der Waals surface area contributed by atoms with Crippen LogP contribution in [0.4, 0.5) is 10.1 Å². The lowest BCUT2D eigenvalue weighted by Gasteiger charge is -2.20. The van der Waals surface area contributed by atoms with Gasteiger partial charge < -0.3 is 11.1 Å². The molecule has 0 saturated heterocycles. The van der Waals surface area contributed by atoms with Crippen molar-refractivity contribution in [3.05, 3.63) is 29.1 Å². The van der Waals surface area contributed by atoms with Crippen LogP contribution in [-0.2, 0) is 10.2 Å². The van der Waals surface area contributed by atoms with Crippen molar-refractivity contribution < 1.29 is 9.18 Å². The van der Waals surface area contributed by atoms with Crippen LogP contribution in [0.2, 0.25) is 0 Å². The van der Waals surface area contributed by atoms with Gasteiger partial charge in [-0.3, -0.25) is 4.79 Å². The maximum absolute atomic E-state index is 14.0. The van der Waals surface area contributed by atoms with Gasteiger partial charge in [-0.05, 0) is 37.0 Å². The van der Waals surface area contributed by atoms with Crippen molar-refractivity contribution in [3.8, 4) is 0 Å². The van der Waals surface area contributed by atoms with E-state index in [-0.39, 0.29) is 17.9 Å². The summed E-state index contributed by atoms with van der Waals surface area (Å²) >= 11 is 0. The quantitative estimate of drug-likeness (QED) is 0.848. The topological polar surface area (TPSA) is 55.1 Å². The largest absolute Gasteiger partial charge is 0.324 e. The zero-order chi connectivity index (χ0) is 13.7. The second-order valence-corrected chi connectivity index (χ2v) is 5.77. The summed E-state index contributed by atoms with van der Waals surface area (Å²) in [6.45, 7) is 7.56. The van der Waals surface area contributed by atoms with E-state index in [1.165, 1.54) is 6.07 Å². The van der Waals surface area contributed by atoms with Gasteiger partial charge in [0.05, 0.1) is 11.1 Å². The fraction of sp³-hybridized carbons (Fsp3) is 0.500. The van der Waals surface area contributed by atoms with Gasteiger partial charge in [0.25, 0.3) is 0 Å². The molecule has 1 aromatic rings. The normalized spacial score (nSPS) is 18.7. The van der Waals surface area contributed by atoms with Crippen LogP contribution in [0.5, 0.6) is 0 Å². The first kappa shape index (κ1) is 13.0. The Morgan fingerprint density at radius 3 is 2.50 bits per heavy atom. The second kappa shape index (κ2) is 4.05. The van der Waals surface area contributed by atoms with Crippen molar-refractivity contribution in [2.75, 3.05) is 5.32 Å². The Balaban J connectivity index is 2.56. The number of hydrogen-bond donors (Lipinski definition) is 2. The van der Waals surface area contributed by atoms with E-state index in [1.807, 2.05) is 19.9 Å². The molecule has 0 aromatic heterocycles. The lowest BCUT2D eigenvalue weighted by Crippen LogP contribution is -2.27. The second-order valence-electron chi connectivity index (χ2n) is 5.77. The van der Waals surface area contributed by atoms with Gasteiger partial charge in [-0.2, -0.15) is 0 Å². The van der Waals surface area contributed by atoms with Crippen molar-refractivity contribution in [1.82, 2.24) is 0 Å². The van der Waals surface area contributed by atoms with Crippen LogP contribution in [0.25, 0.3) is 0 Å². The molecule has 0 fully saturated rings. The van der Waals surface area contributed by atoms with E-state index in [1.54, 1.807) is 13.8 Å². The van der Waals surface area contributed by atoms with E-state index < -0.39 is 11.2 Å². The highest BCUT2D eigenvalue weighted by Crippen LogP contribution is 2.40. The number of rotatable bonds is 2. The molecule has 3 N–H and O–H groups in total. The number of hydrogen-bond acceptors (Lipinski definition) is 2. The molecule has 3 nitrogen and oxygen atoms in total. The summed E-state index contributed by atoms with van der Waals surface area (Å²) in [5, 5.41) is 2.60. The molecule has 1 amide bonds. The molecular weight excluding hydrogens is 231 g/mol. The molecule has 1 unspecified atom stereocenters. The third-order valence-corrected chi connectivity index (χ3v) is 3.70. The van der Waals surface area contributed by atoms with E-state index in [4.69, 9.17) is 5.73 Å². The lowest BCUT2D eigenvalue weighted by molar-refractivity contribution is -0.119. The van der Waals surface area contributed by atoms with E-state index in [2.05, 4.69) is 5.32 Å². The fourth-order valence-corrected chi connectivity index (χ4v) is 2.22. The number of amides is 1. The zero-order valence-corrected chi connectivity index (χ0v) is 11.2. The highest BCUT2D eigenvalue weighted by Gasteiger charge is 2.40. The van der Waals surface area contributed by atoms with Gasteiger partial charge in [0.1, 0.15) is 5.82 Å². The standard InChI is InChI=1S/C14H19FN2O/c1-7(2)11(16)8-5-9-12(10(15)6-8)17-13(18)14(9,3)4/h5-7,11H,16H2,1-4H3,(H,17,18). The van der Waals surface area contributed by atoms with Gasteiger partial charge in [-0.15, -0.1) is 0 Å². The van der Waals surface area contributed by atoms with Crippen molar-refractivity contribution in [2.45, 2.75) is 39.2 Å². The molecular formula is C14H19FN2O. The molecule has 0 spiro atoms. The van der Waals surface area contributed by atoms with Crippen LogP contribution in [0.1, 0.15) is 44.9 Å². The van der Waals surface area contributed by atoms with E-state index in [9.17, 15) is 9.18 Å². The maximum Gasteiger partial charge on any atom is 0.234 e. The lowest BCUT2D eigenvalue weighted by atomic mass is 9.83. The minimum absolute atomic E-state index is 0.174. The summed E-state index contributed by atoms with van der Waals surface area (Å²) in [6.07, 6.45) is 0. The Kier molecular flexibility index (Phi) is 2.93. The van der Waals surface area contributed by atoms with Gasteiger partial charge in [-0.25, -0.2) is 4.39 Å². The van der Waals surface area contributed by atoms with Crippen LogP contribution in [-0.4, -0.2) is 5.91 Å². The Hall–Kier alpha value is -1.42. The summed E-state index contributed by atoms with van der Waals surface area (Å²) < 4.78 is 14.0. The number of anilines is 1. The van der Waals surface area contributed by atoms with Crippen LogP contribution in [0.15, 0.2) is 12.1 Å². The summed E-state index contributed by atoms with van der Waals surface area (Å²) in [4.78, 5) is 11.8. The van der Waals surface area contributed by atoms with Gasteiger partial charge in [0.15, 0.2) is 0 Å². The highest BCUT2D eigenvalue weighted by molar-refractivity contribution is 6.05. The maximum atomic E-state index is 14.0. The minimum Gasteiger partial charge on any atom is -0.324 e. The van der Waals surface area contributed by atoms with Crippen LogP contribution in [0.3, 0.4) is 0 Å². The molecule has 0 radical (unpaired) electrons. The Bertz CT molecular complexity index is 509. The van der Waals surface area contributed by atoms with Crippen molar-refractivity contribution in [2.24, 2.45) is 11.7 Å². The van der Waals surface area contributed by atoms with E-state index >= 15 is 0 Å². The molecule has 1 aliphatic heterocycles. The summed E-state index contributed by atoms with van der Waals surface area (Å²) in [7, 11) is 0. The van der Waals surface area contributed by atoms with Gasteiger partial charge in [0.2, 0.25) is 5.91 Å². The Morgan fingerprint density at radius 2 is 1.94 bits per heavy atom. The first-order valence-electron chi connectivity index (χ1n) is 6.16. The number of nitrogens with one attached hydrogen (secondary N) is 1. The van der Waals surface area contributed by atoms with Crippen LogP contribution < -0.4 is 11.1 Å². The minimum atomic E-state index is -0.705. The summed E-state index contributed by atoms with van der Waals surface area (Å²) in [5.74, 6) is -0.361. The number of carbonyl (C=O) groups excluding carboxylic acids is 1. The third-order valence-electron chi connectivity index (χ3n) is 3.70. The SMILES string of the molecule is CC(C)C(N)c1cc(F)c2c(c1)C(C)(C)C(=O)N2. The predicted octanol–water partition coefficient (Wildman–Crippen LogP) is 2.71. The predicted molar refractivity (Wildman–Crippen MR) is 69.8 cm³/mol. The van der Waals surface area contributed by atoms with Gasteiger partial charge in [-0.1, -0.05) is 19.9 Å². The van der Waals surface area contributed by atoms with Crippen molar-refractivity contribution in [1.29, 1.82) is 0 Å². The molecule has 98 valence electrons. The molecule has 0 saturated carbocycles. The molecule has 1 aliphatic rings. The highest BCUT2D eigenvalue weighted by atomic mass is 19.1. The number of halogens is 1. The van der Waals surface area contributed by atoms with E-state index in [0.717, 1.165) is 5.56 Å². The molecule has 1 heterocycles. The summed E-state index contributed by atoms with van der Waals surface area (Å²) in [6, 6.07) is 3.04. The average Bonchev–Trinajstić information content (AvgIpc) is 2.51. The number of benzene rings is 1. The van der Waals surface area contributed by atoms with Crippen molar-refractivity contribution in [3.63, 3.8) is 0 Å². The van der Waals surface area contributed by atoms with E-state index in [0.29, 0.717) is 11.3 Å².